The van der Waals surface area contributed by atoms with Crippen LogP contribution in [-0.2, 0) is 4.79 Å². The molecule has 128 valence electrons. The molecule has 2 N–H and O–H groups in total. The Morgan fingerprint density at radius 3 is 2.48 bits per heavy atom. The number of thioether (sulfide) groups is 1. The van der Waals surface area contributed by atoms with Gasteiger partial charge in [0.25, 0.3) is 0 Å². The maximum Gasteiger partial charge on any atom is 0.230 e. The van der Waals surface area contributed by atoms with Crippen molar-refractivity contribution in [1.29, 1.82) is 0 Å². The first-order valence-electron chi connectivity index (χ1n) is 7.70. The molecule has 5 nitrogen and oxygen atoms in total. The Labute approximate surface area is 155 Å². The van der Waals surface area contributed by atoms with Crippen molar-refractivity contribution in [2.24, 2.45) is 5.73 Å². The topological polar surface area (TPSA) is 73.8 Å². The minimum atomic E-state index is -0.412. The second-order valence-electron chi connectivity index (χ2n) is 5.60. The van der Waals surface area contributed by atoms with Crippen molar-refractivity contribution in [3.63, 3.8) is 0 Å². The number of hydrogen-bond acceptors (Lipinski definition) is 4. The lowest BCUT2D eigenvalue weighted by Gasteiger charge is -2.14. The zero-order valence-corrected chi connectivity index (χ0v) is 15.4. The van der Waals surface area contributed by atoms with Crippen LogP contribution in [0.2, 0.25) is 5.02 Å². The lowest BCUT2D eigenvalue weighted by Crippen LogP contribution is -2.23. The van der Waals surface area contributed by atoms with E-state index in [-0.39, 0.29) is 0 Å². The van der Waals surface area contributed by atoms with E-state index in [9.17, 15) is 4.79 Å². The normalized spacial score (nSPS) is 12.1. The first kappa shape index (κ1) is 17.5. The minimum Gasteiger partial charge on any atom is -0.369 e. The molecule has 2 aromatic carbocycles. The van der Waals surface area contributed by atoms with Crippen molar-refractivity contribution >= 4 is 29.3 Å². The summed E-state index contributed by atoms with van der Waals surface area (Å²) < 4.78 is 1.95. The lowest BCUT2D eigenvalue weighted by molar-refractivity contribution is -0.117. The summed E-state index contributed by atoms with van der Waals surface area (Å²) in [6.45, 7) is 3.78. The Morgan fingerprint density at radius 1 is 1.16 bits per heavy atom. The van der Waals surface area contributed by atoms with Crippen molar-refractivity contribution in [2.75, 3.05) is 0 Å². The van der Waals surface area contributed by atoms with Crippen molar-refractivity contribution in [3.8, 4) is 17.1 Å². The quantitative estimate of drug-likeness (QED) is 0.690. The number of para-hydroxylation sites is 1. The molecule has 25 heavy (non-hydrogen) atoms. The fraction of sp³-hybridized carbons (Fsp3) is 0.167. The summed E-state index contributed by atoms with van der Waals surface area (Å²) in [5, 5.41) is 9.49. The number of aromatic nitrogens is 3. The fourth-order valence-electron chi connectivity index (χ4n) is 2.38. The third-order valence-corrected chi connectivity index (χ3v) is 5.09. The summed E-state index contributed by atoms with van der Waals surface area (Å²) in [5.41, 5.74) is 8.32. The van der Waals surface area contributed by atoms with Crippen LogP contribution in [-0.4, -0.2) is 25.9 Å². The molecule has 7 heteroatoms. The largest absolute Gasteiger partial charge is 0.369 e. The average molecular weight is 373 g/mol. The Morgan fingerprint density at radius 2 is 1.84 bits per heavy atom. The molecule has 3 aromatic rings. The van der Waals surface area contributed by atoms with Crippen LogP contribution in [0.1, 0.15) is 12.5 Å². The van der Waals surface area contributed by atoms with Gasteiger partial charge >= 0.3 is 0 Å². The Kier molecular flexibility index (Phi) is 5.11. The van der Waals surface area contributed by atoms with Crippen molar-refractivity contribution in [3.05, 3.63) is 59.1 Å². The first-order valence-corrected chi connectivity index (χ1v) is 8.96. The molecule has 1 amide bonds. The van der Waals surface area contributed by atoms with Gasteiger partial charge in [0.15, 0.2) is 11.0 Å². The standard InChI is InChI=1S/C18H17ClN4OS/c1-11-5-3-4-6-15(11)23-17(13-7-9-14(19)10-8-13)21-22-18(23)25-12(2)16(20)24/h3-10,12H,1-2H3,(H2,20,24). The number of nitrogens with two attached hydrogens (primary N) is 1. The number of benzene rings is 2. The highest BCUT2D eigenvalue weighted by atomic mass is 35.5. The molecule has 0 fully saturated rings. The number of rotatable bonds is 5. The van der Waals surface area contributed by atoms with Crippen LogP contribution in [0.4, 0.5) is 0 Å². The van der Waals surface area contributed by atoms with Crippen molar-refractivity contribution in [1.82, 2.24) is 14.8 Å². The molecular formula is C18H17ClN4OS. The maximum absolute atomic E-state index is 11.5. The second-order valence-corrected chi connectivity index (χ2v) is 7.34. The van der Waals surface area contributed by atoms with Gasteiger partial charge in [0, 0.05) is 10.6 Å². The van der Waals surface area contributed by atoms with Crippen LogP contribution in [0.5, 0.6) is 0 Å². The number of halogens is 1. The molecule has 1 heterocycles. The van der Waals surface area contributed by atoms with Gasteiger partial charge in [0.2, 0.25) is 5.91 Å². The third-order valence-electron chi connectivity index (χ3n) is 3.77. The Bertz CT molecular complexity index is 908. The molecule has 0 saturated heterocycles. The van der Waals surface area contributed by atoms with Crippen molar-refractivity contribution < 1.29 is 4.79 Å². The highest BCUT2D eigenvalue weighted by molar-refractivity contribution is 8.00. The van der Waals surface area contributed by atoms with Crippen LogP contribution in [0, 0.1) is 6.92 Å². The van der Waals surface area contributed by atoms with E-state index in [1.54, 1.807) is 6.92 Å². The van der Waals surface area contributed by atoms with Gasteiger partial charge in [-0.15, -0.1) is 10.2 Å². The number of amides is 1. The van der Waals surface area contributed by atoms with Crippen LogP contribution in [0.3, 0.4) is 0 Å². The molecule has 1 unspecified atom stereocenters. The van der Waals surface area contributed by atoms with E-state index in [0.29, 0.717) is 16.0 Å². The van der Waals surface area contributed by atoms with E-state index in [1.165, 1.54) is 11.8 Å². The SMILES string of the molecule is Cc1ccccc1-n1c(SC(C)C(N)=O)nnc1-c1ccc(Cl)cc1. The second kappa shape index (κ2) is 7.29. The van der Waals surface area contributed by atoms with Crippen LogP contribution in [0.15, 0.2) is 53.7 Å². The molecule has 0 bridgehead atoms. The number of primary amides is 1. The number of aryl methyl sites for hydroxylation is 1. The van der Waals surface area contributed by atoms with Gasteiger partial charge in [0.05, 0.1) is 10.9 Å². The number of hydrogen-bond donors (Lipinski definition) is 1. The zero-order valence-electron chi connectivity index (χ0n) is 13.8. The number of carbonyl (C=O) groups excluding carboxylic acids is 1. The predicted molar refractivity (Wildman–Crippen MR) is 101 cm³/mol. The van der Waals surface area contributed by atoms with E-state index in [0.717, 1.165) is 16.8 Å². The van der Waals surface area contributed by atoms with Gasteiger partial charge in [-0.05, 0) is 49.7 Å². The lowest BCUT2D eigenvalue weighted by atomic mass is 10.1. The minimum absolute atomic E-state index is 0.391. The smallest absolute Gasteiger partial charge is 0.230 e. The molecule has 3 rings (SSSR count). The van der Waals surface area contributed by atoms with E-state index in [4.69, 9.17) is 17.3 Å². The summed E-state index contributed by atoms with van der Waals surface area (Å²) in [6.07, 6.45) is 0. The van der Waals surface area contributed by atoms with E-state index >= 15 is 0 Å². The van der Waals surface area contributed by atoms with Crippen molar-refractivity contribution in [2.45, 2.75) is 24.3 Å². The average Bonchev–Trinajstić information content (AvgIpc) is 2.99. The van der Waals surface area contributed by atoms with E-state index in [2.05, 4.69) is 10.2 Å². The highest BCUT2D eigenvalue weighted by Gasteiger charge is 2.21. The molecule has 0 aliphatic rings. The van der Waals surface area contributed by atoms with Gasteiger partial charge < -0.3 is 5.73 Å². The predicted octanol–water partition coefficient (Wildman–Crippen LogP) is 3.86. The number of carbonyl (C=O) groups is 1. The fourth-order valence-corrected chi connectivity index (χ4v) is 3.32. The van der Waals surface area contributed by atoms with E-state index < -0.39 is 11.2 Å². The Hall–Kier alpha value is -2.31. The molecule has 1 aromatic heterocycles. The van der Waals surface area contributed by atoms with Crippen LogP contribution >= 0.6 is 23.4 Å². The van der Waals surface area contributed by atoms with Crippen LogP contribution < -0.4 is 5.73 Å². The van der Waals surface area contributed by atoms with Gasteiger partial charge in [-0.3, -0.25) is 9.36 Å². The molecule has 1 atom stereocenters. The van der Waals surface area contributed by atoms with Gasteiger partial charge in [-0.2, -0.15) is 0 Å². The van der Waals surface area contributed by atoms with Gasteiger partial charge in [0.1, 0.15) is 0 Å². The van der Waals surface area contributed by atoms with E-state index in [1.807, 2.05) is 60.0 Å². The summed E-state index contributed by atoms with van der Waals surface area (Å²) in [4.78, 5) is 11.5. The summed E-state index contributed by atoms with van der Waals surface area (Å²) >= 11 is 7.28. The maximum atomic E-state index is 11.5. The molecule has 0 saturated carbocycles. The monoisotopic (exact) mass is 372 g/mol. The highest BCUT2D eigenvalue weighted by Crippen LogP contribution is 2.31. The summed E-state index contributed by atoms with van der Waals surface area (Å²) in [7, 11) is 0. The summed E-state index contributed by atoms with van der Waals surface area (Å²) in [5.74, 6) is 0.294. The summed E-state index contributed by atoms with van der Waals surface area (Å²) in [6, 6.07) is 15.4. The molecule has 0 spiro atoms. The Balaban J connectivity index is 2.16. The third kappa shape index (κ3) is 3.70. The first-order chi connectivity index (χ1) is 12.0. The molecule has 0 aliphatic heterocycles. The molecule has 0 radical (unpaired) electrons. The number of nitrogens with zero attached hydrogens (tertiary/aromatic N) is 3. The molecular weight excluding hydrogens is 356 g/mol. The molecule has 0 aliphatic carbocycles. The van der Waals surface area contributed by atoms with Gasteiger partial charge in [-0.1, -0.05) is 41.6 Å². The van der Waals surface area contributed by atoms with Crippen LogP contribution in [0.25, 0.3) is 17.1 Å². The zero-order chi connectivity index (χ0) is 18.0. The van der Waals surface area contributed by atoms with Gasteiger partial charge in [-0.25, -0.2) is 0 Å².